The summed E-state index contributed by atoms with van der Waals surface area (Å²) in [5.41, 5.74) is -2.21. The van der Waals surface area contributed by atoms with Gasteiger partial charge in [-0.15, -0.1) is 0 Å². The molecule has 4 fully saturated rings. The van der Waals surface area contributed by atoms with Gasteiger partial charge in [0.15, 0.2) is 5.82 Å². The summed E-state index contributed by atoms with van der Waals surface area (Å²) in [6.07, 6.45) is -4.67. The van der Waals surface area contributed by atoms with Crippen molar-refractivity contribution in [2.45, 2.75) is 87.6 Å². The highest BCUT2D eigenvalue weighted by Crippen LogP contribution is 2.43. The first-order chi connectivity index (χ1) is 28.3. The van der Waals surface area contributed by atoms with E-state index in [1.54, 1.807) is 11.8 Å². The zero-order valence-corrected chi connectivity index (χ0v) is 32.3. The van der Waals surface area contributed by atoms with E-state index in [0.29, 0.717) is 18.4 Å². The van der Waals surface area contributed by atoms with E-state index in [-0.39, 0.29) is 129 Å². The van der Waals surface area contributed by atoms with Crippen LogP contribution in [0.25, 0.3) is 32.9 Å². The third kappa shape index (κ3) is 7.52. The molecule has 10 rings (SSSR count). The number of aromatic nitrogens is 3. The third-order valence-electron chi connectivity index (χ3n) is 12.2. The summed E-state index contributed by atoms with van der Waals surface area (Å²) in [6, 6.07) is 5.09. The number of hydrogen-bond donors (Lipinski definition) is 1. The molecule has 1 N–H and O–H groups in total. The van der Waals surface area contributed by atoms with Crippen LogP contribution in [-0.2, 0) is 11.2 Å². The first-order valence-electron chi connectivity index (χ1n) is 20.0. The predicted octanol–water partition coefficient (Wildman–Crippen LogP) is 6.94. The molecule has 18 heteroatoms. The van der Waals surface area contributed by atoms with E-state index in [9.17, 15) is 22.8 Å². The minimum Gasteiger partial charge on any atom is -0.461 e. The number of hydrogen-bond acceptors (Lipinski definition) is 10. The fourth-order valence-electron chi connectivity index (χ4n) is 9.73. The standard InChI is InChI=1S/C41H43F6N7O5/c1-40-13-25(44)18-53(20-40)36-30-15-48-34(33(47)35(30)49-37(50-36)58-21-41-7-3-8-54(41)19-26(45)14-41)29-12-27(59-39(56)52-16-23(42)11-24(43)17-52)10-22-5-6-31(46)28(32(22)29)4-2-9-57-38(55)51-40/h5-6,10,12,15,23-26H,2-4,7-9,11,13-14,16-21H2,1H3,(H,51,55)/t23-,24+,25-,26-,40-,41+/m1/s1. The number of alkyl halides is 4. The molecule has 6 bridgehead atoms. The van der Waals surface area contributed by atoms with Crippen molar-refractivity contribution in [2.75, 3.05) is 57.4 Å². The maximum Gasteiger partial charge on any atom is 0.415 e. The van der Waals surface area contributed by atoms with Crippen LogP contribution in [0.15, 0.2) is 30.5 Å². The Kier molecular flexibility index (Phi) is 10.1. The lowest BCUT2D eigenvalue weighted by Crippen LogP contribution is -2.60. The van der Waals surface area contributed by atoms with Crippen LogP contribution in [-0.4, -0.2) is 125 Å². The zero-order valence-electron chi connectivity index (χ0n) is 32.3. The van der Waals surface area contributed by atoms with E-state index in [0.717, 1.165) is 11.3 Å². The van der Waals surface area contributed by atoms with Gasteiger partial charge in [-0.3, -0.25) is 9.88 Å². The Balaban J connectivity index is 1.21. The van der Waals surface area contributed by atoms with Crippen LogP contribution < -0.4 is 19.7 Å². The highest BCUT2D eigenvalue weighted by molar-refractivity contribution is 6.02. The first kappa shape index (κ1) is 39.3. The summed E-state index contributed by atoms with van der Waals surface area (Å²) < 4.78 is 110. The minimum atomic E-state index is -1.59. The van der Waals surface area contributed by atoms with E-state index >= 15 is 13.2 Å². The van der Waals surface area contributed by atoms with Gasteiger partial charge in [0, 0.05) is 44.1 Å². The number of rotatable bonds is 4. The molecule has 4 saturated heterocycles. The Morgan fingerprint density at radius 3 is 2.61 bits per heavy atom. The number of benzene rings is 2. The number of carbonyl (C=O) groups is 2. The second kappa shape index (κ2) is 15.2. The molecule has 12 nitrogen and oxygen atoms in total. The Morgan fingerprint density at radius 2 is 1.80 bits per heavy atom. The van der Waals surface area contributed by atoms with Gasteiger partial charge in [0.1, 0.15) is 59.9 Å². The molecule has 0 unspecified atom stereocenters. The topological polar surface area (TPSA) is 122 Å². The second-order valence-corrected chi connectivity index (χ2v) is 16.8. The number of pyridine rings is 1. The zero-order chi connectivity index (χ0) is 41.2. The smallest absolute Gasteiger partial charge is 0.415 e. The number of amides is 2. The van der Waals surface area contributed by atoms with Gasteiger partial charge in [0.05, 0.1) is 42.7 Å². The van der Waals surface area contributed by atoms with Crippen molar-refractivity contribution < 1.29 is 50.1 Å². The Morgan fingerprint density at radius 1 is 1.00 bits per heavy atom. The fourth-order valence-corrected chi connectivity index (χ4v) is 9.73. The number of nitrogens with zero attached hydrogens (tertiary/aromatic N) is 6. The number of aryl methyl sites for hydroxylation is 1. The van der Waals surface area contributed by atoms with Crippen LogP contribution in [0.1, 0.15) is 51.0 Å². The van der Waals surface area contributed by atoms with Crippen LogP contribution in [0, 0.1) is 11.6 Å². The van der Waals surface area contributed by atoms with Crippen molar-refractivity contribution in [3.8, 4) is 23.0 Å². The largest absolute Gasteiger partial charge is 0.461 e. The van der Waals surface area contributed by atoms with Crippen molar-refractivity contribution in [2.24, 2.45) is 0 Å². The van der Waals surface area contributed by atoms with Crippen molar-refractivity contribution in [1.29, 1.82) is 0 Å². The highest BCUT2D eigenvalue weighted by Gasteiger charge is 2.49. The number of halogens is 6. The average molecular weight is 828 g/mol. The van der Waals surface area contributed by atoms with Crippen molar-refractivity contribution in [3.05, 3.63) is 47.7 Å². The first-order valence-corrected chi connectivity index (χ1v) is 20.0. The molecule has 8 heterocycles. The summed E-state index contributed by atoms with van der Waals surface area (Å²) in [5, 5.41) is 3.40. The lowest BCUT2D eigenvalue weighted by molar-refractivity contribution is 0.0715. The average Bonchev–Trinajstić information content (AvgIpc) is 3.70. The molecule has 59 heavy (non-hydrogen) atoms. The Bertz CT molecular complexity index is 2320. The Hall–Kier alpha value is -5.13. The van der Waals surface area contributed by atoms with Crippen LogP contribution in [0.4, 0.5) is 41.7 Å². The van der Waals surface area contributed by atoms with Gasteiger partial charge in [-0.1, -0.05) is 6.07 Å². The molecule has 0 spiro atoms. The van der Waals surface area contributed by atoms with E-state index in [1.165, 1.54) is 30.5 Å². The van der Waals surface area contributed by atoms with Gasteiger partial charge in [0.25, 0.3) is 0 Å². The predicted molar refractivity (Wildman–Crippen MR) is 204 cm³/mol. The maximum atomic E-state index is 17.5. The fraction of sp³-hybridized carbons (Fsp3) is 0.537. The number of carbonyl (C=O) groups excluding carboxylic acids is 2. The molecule has 0 radical (unpaired) electrons. The molecule has 2 aromatic heterocycles. The van der Waals surface area contributed by atoms with Crippen molar-refractivity contribution >= 4 is 39.7 Å². The number of anilines is 1. The number of nitrogens with one attached hydrogen (secondary N) is 1. The van der Waals surface area contributed by atoms with Gasteiger partial charge in [-0.2, -0.15) is 9.97 Å². The van der Waals surface area contributed by atoms with E-state index in [4.69, 9.17) is 14.2 Å². The summed E-state index contributed by atoms with van der Waals surface area (Å²) >= 11 is 0. The number of fused-ring (bicyclic) bond motifs is 7. The summed E-state index contributed by atoms with van der Waals surface area (Å²) in [5.74, 6) is -1.68. The van der Waals surface area contributed by atoms with Crippen molar-refractivity contribution in [3.63, 3.8) is 0 Å². The molecule has 0 aliphatic carbocycles. The van der Waals surface area contributed by atoms with E-state index in [2.05, 4.69) is 20.3 Å². The molecular formula is C41H43F6N7O5. The monoisotopic (exact) mass is 827 g/mol. The van der Waals surface area contributed by atoms with E-state index < -0.39 is 59.6 Å². The summed E-state index contributed by atoms with van der Waals surface area (Å²) in [4.78, 5) is 44.6. The lowest BCUT2D eigenvalue weighted by Gasteiger charge is -2.42. The molecule has 6 atom stereocenters. The van der Waals surface area contributed by atoms with Crippen LogP contribution in [0.2, 0.25) is 0 Å². The number of ether oxygens (including phenoxy) is 3. The number of likely N-dealkylation sites (tertiary alicyclic amines) is 1. The minimum absolute atomic E-state index is 0.00462. The molecule has 6 aliphatic heterocycles. The van der Waals surface area contributed by atoms with Gasteiger partial charge >= 0.3 is 18.2 Å². The number of alkyl carbamates (subject to hydrolysis) is 1. The lowest BCUT2D eigenvalue weighted by atomic mass is 9.90. The molecule has 2 aromatic carbocycles. The third-order valence-corrected chi connectivity index (χ3v) is 12.2. The van der Waals surface area contributed by atoms with Crippen LogP contribution in [0.5, 0.6) is 11.8 Å². The SMILES string of the molecule is C[C@@]12C[C@@H](F)CN(C1)c1nc(OC[C@@]34CCCN3C[C@H](F)C4)nc3c(F)c(ncc13)-c1cc(OC(=O)N3C[C@H](F)C[C@H](F)C3)cc3ccc(F)c(c13)CCCOC(=O)N2. The van der Waals surface area contributed by atoms with Crippen LogP contribution >= 0.6 is 0 Å². The van der Waals surface area contributed by atoms with Crippen LogP contribution in [0.3, 0.4) is 0 Å². The number of piperidine rings is 2. The van der Waals surface area contributed by atoms with E-state index in [1.807, 2.05) is 4.90 Å². The maximum absolute atomic E-state index is 17.5. The molecular weight excluding hydrogens is 784 g/mol. The second-order valence-electron chi connectivity index (χ2n) is 16.8. The normalized spacial score (nSPS) is 28.8. The molecule has 6 aliphatic rings. The molecule has 2 amide bonds. The summed E-state index contributed by atoms with van der Waals surface area (Å²) in [6.45, 7) is 1.61. The highest BCUT2D eigenvalue weighted by atomic mass is 19.2. The molecule has 314 valence electrons. The molecule has 4 aromatic rings. The van der Waals surface area contributed by atoms with Gasteiger partial charge in [0.2, 0.25) is 0 Å². The molecule has 0 saturated carbocycles. The quantitative estimate of drug-likeness (QED) is 0.217. The Labute approximate surface area is 335 Å². The van der Waals surface area contributed by atoms with Gasteiger partial charge in [-0.25, -0.2) is 35.9 Å². The van der Waals surface area contributed by atoms with Gasteiger partial charge < -0.3 is 29.3 Å². The van der Waals surface area contributed by atoms with Crippen molar-refractivity contribution in [1.82, 2.24) is 30.1 Å². The van der Waals surface area contributed by atoms with Gasteiger partial charge in [-0.05, 0) is 73.7 Å². The summed E-state index contributed by atoms with van der Waals surface area (Å²) in [7, 11) is 0.